The molecule has 1 aliphatic carbocycles. The number of rotatable bonds is 4. The molecule has 0 radical (unpaired) electrons. The monoisotopic (exact) mass is 222 g/mol. The van der Waals surface area contributed by atoms with Crippen LogP contribution in [0.25, 0.3) is 0 Å². The molecular formula is C13H22N2O. The molecule has 1 N–H and O–H groups in total. The summed E-state index contributed by atoms with van der Waals surface area (Å²) < 4.78 is 0. The van der Waals surface area contributed by atoms with Gasteiger partial charge in [0.05, 0.1) is 12.2 Å². The van der Waals surface area contributed by atoms with Gasteiger partial charge in [0.2, 0.25) is 0 Å². The zero-order valence-electron chi connectivity index (χ0n) is 10.2. The second-order valence-electron chi connectivity index (χ2n) is 5.59. The fourth-order valence-electron chi connectivity index (χ4n) is 2.85. The van der Waals surface area contributed by atoms with Gasteiger partial charge in [0.15, 0.2) is 0 Å². The highest BCUT2D eigenvalue weighted by molar-refractivity contribution is 5.01. The van der Waals surface area contributed by atoms with Crippen molar-refractivity contribution < 1.29 is 5.11 Å². The van der Waals surface area contributed by atoms with Crippen LogP contribution < -0.4 is 0 Å². The van der Waals surface area contributed by atoms with Crippen LogP contribution in [0.1, 0.15) is 39.0 Å². The molecule has 90 valence electrons. The van der Waals surface area contributed by atoms with Crippen LogP contribution in [0.15, 0.2) is 0 Å². The number of hydrogen-bond acceptors (Lipinski definition) is 3. The van der Waals surface area contributed by atoms with Crippen molar-refractivity contribution in [2.75, 3.05) is 19.6 Å². The van der Waals surface area contributed by atoms with E-state index >= 15 is 0 Å². The molecule has 1 saturated carbocycles. The summed E-state index contributed by atoms with van der Waals surface area (Å²) in [4.78, 5) is 2.46. The van der Waals surface area contributed by atoms with Gasteiger partial charge in [-0.15, -0.1) is 0 Å². The molecule has 2 aliphatic rings. The maximum Gasteiger partial charge on any atom is 0.0628 e. The largest absolute Gasteiger partial charge is 0.393 e. The van der Waals surface area contributed by atoms with Gasteiger partial charge in [-0.3, -0.25) is 0 Å². The van der Waals surface area contributed by atoms with Crippen molar-refractivity contribution >= 4 is 0 Å². The van der Waals surface area contributed by atoms with Gasteiger partial charge in [0.25, 0.3) is 0 Å². The molecule has 2 rings (SSSR count). The van der Waals surface area contributed by atoms with Gasteiger partial charge < -0.3 is 10.0 Å². The van der Waals surface area contributed by atoms with Crippen LogP contribution in [-0.4, -0.2) is 35.7 Å². The van der Waals surface area contributed by atoms with Gasteiger partial charge in [-0.2, -0.15) is 5.26 Å². The van der Waals surface area contributed by atoms with E-state index in [0.717, 1.165) is 32.5 Å². The molecule has 0 bridgehead atoms. The summed E-state index contributed by atoms with van der Waals surface area (Å²) in [6.45, 7) is 5.25. The Labute approximate surface area is 98.1 Å². The quantitative estimate of drug-likeness (QED) is 0.788. The molecular weight excluding hydrogens is 200 g/mol. The summed E-state index contributed by atoms with van der Waals surface area (Å²) in [6.07, 6.45) is 5.01. The van der Waals surface area contributed by atoms with Gasteiger partial charge in [-0.1, -0.05) is 6.92 Å². The highest BCUT2D eigenvalue weighted by Gasteiger charge is 2.44. The van der Waals surface area contributed by atoms with Crippen LogP contribution in [0.3, 0.4) is 0 Å². The molecule has 0 amide bonds. The Bertz CT molecular complexity index is 280. The van der Waals surface area contributed by atoms with E-state index in [9.17, 15) is 5.11 Å². The number of nitrogens with zero attached hydrogens (tertiary/aromatic N) is 2. The lowest BCUT2D eigenvalue weighted by Crippen LogP contribution is -2.45. The summed E-state index contributed by atoms with van der Waals surface area (Å²) in [7, 11) is 0. The Morgan fingerprint density at radius 1 is 1.50 bits per heavy atom. The SMILES string of the molecule is CCC1CN(CC2(CC#N)CC2)CCC1O. The number of nitriles is 1. The van der Waals surface area contributed by atoms with Crippen LogP contribution in [0, 0.1) is 22.7 Å². The average molecular weight is 222 g/mol. The zero-order valence-corrected chi connectivity index (χ0v) is 10.2. The fourth-order valence-corrected chi connectivity index (χ4v) is 2.85. The van der Waals surface area contributed by atoms with Gasteiger partial charge in [-0.25, -0.2) is 0 Å². The van der Waals surface area contributed by atoms with E-state index in [0.29, 0.717) is 17.8 Å². The lowest BCUT2D eigenvalue weighted by atomic mass is 9.91. The molecule has 16 heavy (non-hydrogen) atoms. The molecule has 1 saturated heterocycles. The standard InChI is InChI=1S/C13H22N2O/c1-2-11-9-15(8-3-12(11)16)10-13(4-5-13)6-7-14/h11-12,16H,2-6,8-10H2,1H3. The number of likely N-dealkylation sites (tertiary alicyclic amines) is 1. The Balaban J connectivity index is 1.85. The second kappa shape index (κ2) is 4.73. The summed E-state index contributed by atoms with van der Waals surface area (Å²) in [5.74, 6) is 0.437. The Hall–Kier alpha value is -0.590. The normalized spacial score (nSPS) is 33.3. The number of piperidine rings is 1. The highest BCUT2D eigenvalue weighted by atomic mass is 16.3. The Kier molecular flexibility index (Phi) is 3.51. The summed E-state index contributed by atoms with van der Waals surface area (Å²) in [5, 5.41) is 18.6. The van der Waals surface area contributed by atoms with E-state index in [1.807, 2.05) is 0 Å². The minimum atomic E-state index is -0.104. The first kappa shape index (κ1) is 11.9. The topological polar surface area (TPSA) is 47.3 Å². The first-order valence-corrected chi connectivity index (χ1v) is 6.46. The molecule has 0 aromatic heterocycles. The van der Waals surface area contributed by atoms with Crippen molar-refractivity contribution in [2.24, 2.45) is 11.3 Å². The predicted octanol–water partition coefficient (Wildman–Crippen LogP) is 1.77. The first-order valence-electron chi connectivity index (χ1n) is 6.46. The van der Waals surface area contributed by atoms with Gasteiger partial charge in [0.1, 0.15) is 0 Å². The van der Waals surface area contributed by atoms with E-state index in [1.54, 1.807) is 0 Å². The van der Waals surface area contributed by atoms with Crippen LogP contribution in [0.5, 0.6) is 0 Å². The van der Waals surface area contributed by atoms with Gasteiger partial charge >= 0.3 is 0 Å². The number of aliphatic hydroxyl groups is 1. The molecule has 2 unspecified atom stereocenters. The maximum atomic E-state index is 9.83. The second-order valence-corrected chi connectivity index (χ2v) is 5.59. The van der Waals surface area contributed by atoms with E-state index in [-0.39, 0.29) is 6.10 Å². The van der Waals surface area contributed by atoms with Crippen molar-refractivity contribution in [1.29, 1.82) is 5.26 Å². The van der Waals surface area contributed by atoms with Crippen LogP contribution in [0.2, 0.25) is 0 Å². The van der Waals surface area contributed by atoms with E-state index < -0.39 is 0 Å². The summed E-state index contributed by atoms with van der Waals surface area (Å²) in [6, 6.07) is 2.32. The summed E-state index contributed by atoms with van der Waals surface area (Å²) >= 11 is 0. The molecule has 1 heterocycles. The zero-order chi connectivity index (χ0) is 11.6. The average Bonchev–Trinajstić information content (AvgIpc) is 3.01. The lowest BCUT2D eigenvalue weighted by Gasteiger charge is -2.37. The number of hydrogen-bond donors (Lipinski definition) is 1. The highest BCUT2D eigenvalue weighted by Crippen LogP contribution is 2.49. The molecule has 0 aromatic rings. The molecule has 1 aliphatic heterocycles. The third-order valence-corrected chi connectivity index (χ3v) is 4.27. The lowest BCUT2D eigenvalue weighted by molar-refractivity contribution is 0.0180. The summed E-state index contributed by atoms with van der Waals surface area (Å²) in [5.41, 5.74) is 0.315. The minimum absolute atomic E-state index is 0.104. The van der Waals surface area contributed by atoms with Crippen LogP contribution in [0.4, 0.5) is 0 Å². The predicted molar refractivity (Wildman–Crippen MR) is 62.7 cm³/mol. The first-order chi connectivity index (χ1) is 7.69. The van der Waals surface area contributed by atoms with Crippen molar-refractivity contribution in [3.63, 3.8) is 0 Å². The third kappa shape index (κ3) is 2.56. The van der Waals surface area contributed by atoms with Crippen LogP contribution >= 0.6 is 0 Å². The van der Waals surface area contributed by atoms with E-state index in [2.05, 4.69) is 17.9 Å². The fraction of sp³-hybridized carbons (Fsp3) is 0.923. The van der Waals surface area contributed by atoms with Crippen LogP contribution in [-0.2, 0) is 0 Å². The van der Waals surface area contributed by atoms with Crippen molar-refractivity contribution in [2.45, 2.75) is 45.1 Å². The molecule has 0 spiro atoms. The molecule has 2 atom stereocenters. The third-order valence-electron chi connectivity index (χ3n) is 4.27. The molecule has 3 heteroatoms. The van der Waals surface area contributed by atoms with E-state index in [4.69, 9.17) is 5.26 Å². The molecule has 3 nitrogen and oxygen atoms in total. The van der Waals surface area contributed by atoms with Gasteiger partial charge in [0, 0.05) is 26.1 Å². The maximum absolute atomic E-state index is 9.83. The van der Waals surface area contributed by atoms with Crippen molar-refractivity contribution in [1.82, 2.24) is 4.90 Å². The number of aliphatic hydroxyl groups excluding tert-OH is 1. The smallest absolute Gasteiger partial charge is 0.0628 e. The van der Waals surface area contributed by atoms with Crippen molar-refractivity contribution in [3.8, 4) is 6.07 Å². The Morgan fingerprint density at radius 2 is 2.25 bits per heavy atom. The van der Waals surface area contributed by atoms with Crippen molar-refractivity contribution in [3.05, 3.63) is 0 Å². The van der Waals surface area contributed by atoms with E-state index in [1.165, 1.54) is 12.8 Å². The molecule has 2 fully saturated rings. The molecule has 0 aromatic carbocycles. The Morgan fingerprint density at radius 3 is 2.81 bits per heavy atom. The minimum Gasteiger partial charge on any atom is -0.393 e. The van der Waals surface area contributed by atoms with Gasteiger partial charge in [-0.05, 0) is 37.0 Å².